The molecule has 2 fully saturated rings. The summed E-state index contributed by atoms with van der Waals surface area (Å²) in [7, 11) is 3.62. The first-order chi connectivity index (χ1) is 12.5. The van der Waals surface area contributed by atoms with Crippen LogP contribution in [-0.2, 0) is 9.53 Å². The molecule has 2 heterocycles. The summed E-state index contributed by atoms with van der Waals surface area (Å²) >= 11 is 12.3. The number of ether oxygens (including phenoxy) is 1. The van der Waals surface area contributed by atoms with Gasteiger partial charge in [-0.15, -0.1) is 0 Å². The number of hydrogen-bond acceptors (Lipinski definition) is 8. The van der Waals surface area contributed by atoms with Crippen molar-refractivity contribution < 1.29 is 9.53 Å². The molecule has 26 heavy (non-hydrogen) atoms. The Morgan fingerprint density at radius 1 is 1.00 bits per heavy atom. The lowest BCUT2D eigenvalue weighted by atomic mass is 10.2. The first kappa shape index (κ1) is 26.4. The Labute approximate surface area is 177 Å². The summed E-state index contributed by atoms with van der Waals surface area (Å²) in [4.78, 5) is 18.2. The molecule has 0 aromatic carbocycles. The van der Waals surface area contributed by atoms with Crippen LogP contribution in [0.3, 0.4) is 0 Å². The molecule has 2 aliphatic heterocycles. The molecule has 0 spiro atoms. The van der Waals surface area contributed by atoms with Gasteiger partial charge in [-0.1, -0.05) is 6.92 Å². The highest BCUT2D eigenvalue weighted by Crippen LogP contribution is 2.17. The van der Waals surface area contributed by atoms with E-state index in [1.54, 1.807) is 0 Å². The largest absolute Gasteiger partial charge is 0.468 e. The molecule has 1 unspecified atom stereocenters. The fourth-order valence-corrected chi connectivity index (χ4v) is 3.38. The minimum atomic E-state index is -0.103. The predicted octanol–water partition coefficient (Wildman–Crippen LogP) is 2.04. The molecule has 156 valence electrons. The predicted molar refractivity (Wildman–Crippen MR) is 122 cm³/mol. The van der Waals surface area contributed by atoms with Crippen LogP contribution < -0.4 is 0 Å². The first-order valence-corrected chi connectivity index (χ1v) is 11.5. The van der Waals surface area contributed by atoms with Crippen molar-refractivity contribution in [3.63, 3.8) is 0 Å². The lowest BCUT2D eigenvalue weighted by Gasteiger charge is -2.31. The highest BCUT2D eigenvalue weighted by atomic mass is 32.1. The van der Waals surface area contributed by atoms with Gasteiger partial charge >= 0.3 is 5.97 Å². The molecular formula is C18H39N3O2S3. The molecule has 0 radical (unpaired) electrons. The molecule has 0 aromatic rings. The standard InChI is InChI=1S/C8H15NO2S.C7H16N2S.C3H8S/c1-11-8(10)7-3-2-4-9(7)5-6-12;1-8-2-4-9(5-3-8)6-7-10;1-2-3-4/h7,12H,2-6H2,1H3;10H,2-7H2,1H3;4H,2-3H2,1H3. The van der Waals surface area contributed by atoms with Gasteiger partial charge in [-0.25, -0.2) is 0 Å². The molecule has 0 amide bonds. The van der Waals surface area contributed by atoms with E-state index in [1.807, 2.05) is 0 Å². The van der Waals surface area contributed by atoms with Gasteiger partial charge in [-0.05, 0) is 38.6 Å². The maximum absolute atomic E-state index is 11.2. The second-order valence-corrected chi connectivity index (χ2v) is 7.87. The van der Waals surface area contributed by atoms with E-state index in [4.69, 9.17) is 4.74 Å². The molecule has 8 heteroatoms. The maximum Gasteiger partial charge on any atom is 0.323 e. The molecule has 0 aliphatic carbocycles. The van der Waals surface area contributed by atoms with Gasteiger partial charge in [0, 0.05) is 50.8 Å². The van der Waals surface area contributed by atoms with Gasteiger partial charge in [0.2, 0.25) is 0 Å². The molecule has 1 atom stereocenters. The second kappa shape index (κ2) is 17.5. The van der Waals surface area contributed by atoms with Crippen molar-refractivity contribution in [2.75, 3.05) is 77.2 Å². The van der Waals surface area contributed by atoms with E-state index in [-0.39, 0.29) is 12.0 Å². The van der Waals surface area contributed by atoms with Crippen molar-refractivity contribution in [1.82, 2.24) is 14.7 Å². The molecule has 0 N–H and O–H groups in total. The minimum Gasteiger partial charge on any atom is -0.468 e. The average molecular weight is 426 g/mol. The van der Waals surface area contributed by atoms with E-state index in [0.717, 1.165) is 49.7 Å². The number of nitrogens with zero attached hydrogens (tertiary/aromatic N) is 3. The minimum absolute atomic E-state index is 0.0119. The van der Waals surface area contributed by atoms with Crippen molar-refractivity contribution in [2.24, 2.45) is 0 Å². The van der Waals surface area contributed by atoms with Gasteiger partial charge in [0.15, 0.2) is 0 Å². The first-order valence-electron chi connectivity index (χ1n) is 9.59. The zero-order valence-corrected chi connectivity index (χ0v) is 19.5. The zero-order chi connectivity index (χ0) is 19.8. The lowest BCUT2D eigenvalue weighted by Crippen LogP contribution is -2.44. The second-order valence-electron chi connectivity index (χ2n) is 6.53. The quantitative estimate of drug-likeness (QED) is 0.448. The van der Waals surface area contributed by atoms with Gasteiger partial charge in [0.25, 0.3) is 0 Å². The Bertz CT molecular complexity index is 342. The number of carbonyl (C=O) groups excluding carboxylic acids is 1. The lowest BCUT2D eigenvalue weighted by molar-refractivity contribution is -0.145. The Morgan fingerprint density at radius 2 is 1.58 bits per heavy atom. The van der Waals surface area contributed by atoms with Gasteiger partial charge in [-0.3, -0.25) is 14.6 Å². The molecule has 0 bridgehead atoms. The van der Waals surface area contributed by atoms with E-state index in [2.05, 4.69) is 66.6 Å². The maximum atomic E-state index is 11.2. The van der Waals surface area contributed by atoms with Crippen LogP contribution in [0.15, 0.2) is 0 Å². The number of esters is 1. The van der Waals surface area contributed by atoms with Gasteiger partial charge in [0.1, 0.15) is 6.04 Å². The number of carbonyl (C=O) groups is 1. The van der Waals surface area contributed by atoms with Crippen LogP contribution in [0.2, 0.25) is 0 Å². The third-order valence-electron chi connectivity index (χ3n) is 4.46. The summed E-state index contributed by atoms with van der Waals surface area (Å²) in [5.74, 6) is 2.70. The Balaban J connectivity index is 0.000000405. The number of piperazine rings is 1. The molecule has 0 aromatic heterocycles. The van der Waals surface area contributed by atoms with Crippen molar-refractivity contribution in [3.05, 3.63) is 0 Å². The highest BCUT2D eigenvalue weighted by molar-refractivity contribution is 7.80. The number of rotatable bonds is 6. The van der Waals surface area contributed by atoms with Crippen LogP contribution in [0.4, 0.5) is 0 Å². The van der Waals surface area contributed by atoms with Crippen molar-refractivity contribution >= 4 is 43.9 Å². The zero-order valence-electron chi connectivity index (χ0n) is 16.8. The summed E-state index contributed by atoms with van der Waals surface area (Å²) in [5.41, 5.74) is 0. The van der Waals surface area contributed by atoms with E-state index < -0.39 is 0 Å². The molecule has 2 aliphatic rings. The Kier molecular flexibility index (Phi) is 17.8. The number of likely N-dealkylation sites (tertiary alicyclic amines) is 1. The van der Waals surface area contributed by atoms with E-state index in [9.17, 15) is 4.79 Å². The SMILES string of the molecule is CCCS.CN1CCN(CCS)CC1.COC(=O)C1CCCN1CCS. The smallest absolute Gasteiger partial charge is 0.323 e. The van der Waals surface area contributed by atoms with E-state index in [1.165, 1.54) is 39.7 Å². The van der Waals surface area contributed by atoms with Crippen LogP contribution in [0.5, 0.6) is 0 Å². The Hall–Kier alpha value is 0.400. The van der Waals surface area contributed by atoms with Gasteiger partial charge < -0.3 is 9.64 Å². The van der Waals surface area contributed by atoms with Crippen molar-refractivity contribution in [1.29, 1.82) is 0 Å². The van der Waals surface area contributed by atoms with Crippen LogP contribution in [-0.4, -0.2) is 104 Å². The fourth-order valence-electron chi connectivity index (χ4n) is 2.84. The average Bonchev–Trinajstić information content (AvgIpc) is 3.12. The summed E-state index contributed by atoms with van der Waals surface area (Å²) in [6.07, 6.45) is 3.21. The summed E-state index contributed by atoms with van der Waals surface area (Å²) in [5, 5.41) is 0. The van der Waals surface area contributed by atoms with Crippen LogP contribution in [0, 0.1) is 0 Å². The summed E-state index contributed by atoms with van der Waals surface area (Å²) in [6.45, 7) is 10.0. The Morgan fingerprint density at radius 3 is 2.04 bits per heavy atom. The van der Waals surface area contributed by atoms with E-state index in [0.29, 0.717) is 0 Å². The third-order valence-corrected chi connectivity index (χ3v) is 5.31. The normalized spacial score (nSPS) is 21.4. The third kappa shape index (κ3) is 12.0. The molecule has 5 nitrogen and oxygen atoms in total. The molecule has 2 saturated heterocycles. The van der Waals surface area contributed by atoms with Crippen LogP contribution in [0.25, 0.3) is 0 Å². The number of hydrogen-bond donors (Lipinski definition) is 3. The topological polar surface area (TPSA) is 36.0 Å². The number of likely N-dealkylation sites (N-methyl/N-ethyl adjacent to an activating group) is 1. The van der Waals surface area contributed by atoms with E-state index >= 15 is 0 Å². The monoisotopic (exact) mass is 425 g/mol. The van der Waals surface area contributed by atoms with Crippen molar-refractivity contribution in [3.8, 4) is 0 Å². The molecular weight excluding hydrogens is 386 g/mol. The molecule has 0 saturated carbocycles. The van der Waals surface area contributed by atoms with Crippen LogP contribution >= 0.6 is 37.9 Å². The highest BCUT2D eigenvalue weighted by Gasteiger charge is 2.30. The van der Waals surface area contributed by atoms with Gasteiger partial charge in [0.05, 0.1) is 7.11 Å². The summed E-state index contributed by atoms with van der Waals surface area (Å²) < 4.78 is 4.71. The van der Waals surface area contributed by atoms with Crippen molar-refractivity contribution in [2.45, 2.75) is 32.2 Å². The summed E-state index contributed by atoms with van der Waals surface area (Å²) in [6, 6.07) is -0.0119. The van der Waals surface area contributed by atoms with Crippen LogP contribution in [0.1, 0.15) is 26.2 Å². The molecule has 2 rings (SSSR count). The number of thiol groups is 3. The fraction of sp³-hybridized carbons (Fsp3) is 0.944. The number of methoxy groups -OCH3 is 1. The van der Waals surface area contributed by atoms with Gasteiger partial charge in [-0.2, -0.15) is 37.9 Å².